The molecule has 0 radical (unpaired) electrons. The molecule has 0 amide bonds. The van der Waals surface area contributed by atoms with Gasteiger partial charge in [-0.25, -0.2) is 4.79 Å². The van der Waals surface area contributed by atoms with Crippen LogP contribution < -0.4 is 0 Å². The first-order chi connectivity index (χ1) is 4.77. The van der Waals surface area contributed by atoms with Gasteiger partial charge in [0.05, 0.1) is 0 Å². The number of hydrogen-bond donors (Lipinski definition) is 1. The number of rotatable bonds is 3. The maximum atomic E-state index is 9.89. The molecule has 0 bridgehead atoms. The van der Waals surface area contributed by atoms with Gasteiger partial charge in [-0.15, -0.1) is 0 Å². The standard InChI is InChI=1S/C8H10O2.K.H/c1-2-3-4-5-6-7-8(9)10;;/h2-7H,1H3,(H,9,10);;/b3-2+,5-4+,7-6+;;. The second kappa shape index (κ2) is 10.3. The number of allylic oxidation sites excluding steroid dienone is 5. The van der Waals surface area contributed by atoms with Crippen molar-refractivity contribution in [3.05, 3.63) is 36.5 Å². The van der Waals surface area contributed by atoms with Gasteiger partial charge >= 0.3 is 57.4 Å². The third-order valence-corrected chi connectivity index (χ3v) is 0.765. The Kier molecular flexibility index (Phi) is 13.0. The van der Waals surface area contributed by atoms with E-state index in [9.17, 15) is 4.79 Å². The van der Waals surface area contributed by atoms with Gasteiger partial charge in [0.1, 0.15) is 0 Å². The molecule has 0 saturated carbocycles. The van der Waals surface area contributed by atoms with Crippen molar-refractivity contribution >= 4 is 57.4 Å². The van der Waals surface area contributed by atoms with Crippen molar-refractivity contribution in [2.75, 3.05) is 0 Å². The van der Waals surface area contributed by atoms with Gasteiger partial charge in [0.2, 0.25) is 0 Å². The van der Waals surface area contributed by atoms with E-state index < -0.39 is 5.97 Å². The zero-order chi connectivity index (χ0) is 7.82. The molecule has 0 rings (SSSR count). The Labute approximate surface area is 109 Å². The number of hydrogen-bond acceptors (Lipinski definition) is 1. The van der Waals surface area contributed by atoms with Gasteiger partial charge in [-0.1, -0.05) is 30.4 Å². The van der Waals surface area contributed by atoms with Gasteiger partial charge in [-0.05, 0) is 6.92 Å². The van der Waals surface area contributed by atoms with E-state index in [2.05, 4.69) is 0 Å². The topological polar surface area (TPSA) is 37.3 Å². The summed E-state index contributed by atoms with van der Waals surface area (Å²) >= 11 is 0. The Bertz CT molecular complexity index is 181. The zero-order valence-electron chi connectivity index (χ0n) is 5.82. The van der Waals surface area contributed by atoms with E-state index in [1.54, 1.807) is 12.2 Å². The van der Waals surface area contributed by atoms with Crippen molar-refractivity contribution in [2.45, 2.75) is 6.92 Å². The Balaban J connectivity index is 0. The van der Waals surface area contributed by atoms with E-state index >= 15 is 0 Å². The Morgan fingerprint density at radius 1 is 1.18 bits per heavy atom. The van der Waals surface area contributed by atoms with Gasteiger partial charge < -0.3 is 5.11 Å². The molecule has 0 aromatic rings. The molecule has 0 unspecified atom stereocenters. The van der Waals surface area contributed by atoms with E-state index in [4.69, 9.17) is 5.11 Å². The average molecular weight is 178 g/mol. The van der Waals surface area contributed by atoms with Crippen LogP contribution in [0.4, 0.5) is 0 Å². The molecule has 2 nitrogen and oxygen atoms in total. The van der Waals surface area contributed by atoms with Crippen molar-refractivity contribution in [1.29, 1.82) is 0 Å². The molecule has 0 aliphatic heterocycles. The van der Waals surface area contributed by atoms with E-state index in [1.807, 2.05) is 19.1 Å². The second-order valence-corrected chi connectivity index (χ2v) is 1.61. The minimum absolute atomic E-state index is 0. The number of carboxylic acid groups (broad SMARTS) is 1. The van der Waals surface area contributed by atoms with Gasteiger partial charge in [0, 0.05) is 6.08 Å². The molecule has 0 aromatic carbocycles. The first kappa shape index (κ1) is 13.9. The van der Waals surface area contributed by atoms with Gasteiger partial charge in [-0.3, -0.25) is 0 Å². The summed E-state index contributed by atoms with van der Waals surface area (Å²) < 4.78 is 0. The van der Waals surface area contributed by atoms with E-state index in [1.165, 1.54) is 6.08 Å². The zero-order valence-corrected chi connectivity index (χ0v) is 5.82. The third kappa shape index (κ3) is 13.3. The average Bonchev–Trinajstić information content (AvgIpc) is 1.87. The summed E-state index contributed by atoms with van der Waals surface area (Å²) in [5, 5.41) is 8.13. The quantitative estimate of drug-likeness (QED) is 0.399. The molecule has 0 aliphatic rings. The fourth-order valence-electron chi connectivity index (χ4n) is 0.377. The molecule has 0 aromatic heterocycles. The van der Waals surface area contributed by atoms with E-state index in [-0.39, 0.29) is 51.4 Å². The number of aliphatic carboxylic acids is 1. The predicted molar refractivity (Wildman–Crippen MR) is 47.9 cm³/mol. The monoisotopic (exact) mass is 178 g/mol. The normalized spacial score (nSPS) is 11.0. The van der Waals surface area contributed by atoms with Gasteiger partial charge in [-0.2, -0.15) is 0 Å². The molecule has 0 aliphatic carbocycles. The van der Waals surface area contributed by atoms with Crippen LogP contribution in [0.15, 0.2) is 36.5 Å². The molecular weight excluding hydrogens is 167 g/mol. The van der Waals surface area contributed by atoms with Gasteiger partial charge in [0.15, 0.2) is 0 Å². The first-order valence-electron chi connectivity index (χ1n) is 2.96. The second-order valence-electron chi connectivity index (χ2n) is 1.61. The van der Waals surface area contributed by atoms with E-state index in [0.717, 1.165) is 6.08 Å². The molecule has 0 spiro atoms. The molecule has 1 N–H and O–H groups in total. The van der Waals surface area contributed by atoms with Crippen LogP contribution in [0.2, 0.25) is 0 Å². The van der Waals surface area contributed by atoms with Crippen LogP contribution in [0.5, 0.6) is 0 Å². The Morgan fingerprint density at radius 2 is 1.73 bits per heavy atom. The Morgan fingerprint density at radius 3 is 2.18 bits per heavy atom. The Hall–Kier alpha value is 0.326. The minimum atomic E-state index is -0.926. The van der Waals surface area contributed by atoms with Crippen LogP contribution in [0.1, 0.15) is 6.92 Å². The predicted octanol–water partition coefficient (Wildman–Crippen LogP) is 1.11. The van der Waals surface area contributed by atoms with Crippen LogP contribution in [0, 0.1) is 0 Å². The van der Waals surface area contributed by atoms with Crippen LogP contribution in [-0.2, 0) is 4.79 Å². The summed E-state index contributed by atoms with van der Waals surface area (Å²) in [6.07, 6.45) is 9.67. The third-order valence-electron chi connectivity index (χ3n) is 0.765. The fraction of sp³-hybridized carbons (Fsp3) is 0.125. The molecule has 56 valence electrons. The molecule has 0 atom stereocenters. The number of carbonyl (C=O) groups is 1. The van der Waals surface area contributed by atoms with E-state index in [0.29, 0.717) is 0 Å². The van der Waals surface area contributed by atoms with Crippen molar-refractivity contribution in [1.82, 2.24) is 0 Å². The number of carboxylic acids is 1. The summed E-state index contributed by atoms with van der Waals surface area (Å²) in [6.45, 7) is 1.89. The molecule has 0 saturated heterocycles. The summed E-state index contributed by atoms with van der Waals surface area (Å²) in [4.78, 5) is 9.89. The van der Waals surface area contributed by atoms with Crippen LogP contribution >= 0.6 is 0 Å². The maximum absolute atomic E-state index is 9.89. The van der Waals surface area contributed by atoms with Crippen molar-refractivity contribution in [3.63, 3.8) is 0 Å². The molecular formula is C8H11KO2. The summed E-state index contributed by atoms with van der Waals surface area (Å²) in [5.74, 6) is -0.926. The molecule has 11 heavy (non-hydrogen) atoms. The van der Waals surface area contributed by atoms with Crippen LogP contribution in [0.25, 0.3) is 0 Å². The van der Waals surface area contributed by atoms with Crippen molar-refractivity contribution in [2.24, 2.45) is 0 Å². The molecule has 0 fully saturated rings. The molecule has 0 heterocycles. The van der Waals surface area contributed by atoms with Crippen molar-refractivity contribution < 1.29 is 9.90 Å². The SMILES string of the molecule is C/C=C/C=C/C=C/C(=O)O.[KH]. The fourth-order valence-corrected chi connectivity index (χ4v) is 0.377. The van der Waals surface area contributed by atoms with Crippen LogP contribution in [0.3, 0.4) is 0 Å². The first-order valence-corrected chi connectivity index (χ1v) is 2.96. The van der Waals surface area contributed by atoms with Crippen LogP contribution in [-0.4, -0.2) is 62.5 Å². The summed E-state index contributed by atoms with van der Waals surface area (Å²) in [6, 6.07) is 0. The summed E-state index contributed by atoms with van der Waals surface area (Å²) in [7, 11) is 0. The van der Waals surface area contributed by atoms with Gasteiger partial charge in [0.25, 0.3) is 0 Å². The van der Waals surface area contributed by atoms with Crippen molar-refractivity contribution in [3.8, 4) is 0 Å². The summed E-state index contributed by atoms with van der Waals surface area (Å²) in [5.41, 5.74) is 0. The molecule has 3 heteroatoms.